The SMILES string of the molecule is O=C([O-])c1cncc(C2CCN(C(=O)C3COC3)CC2)n1.O=C([O-])c1cncc(C2CCN(C(=O)C3COC3)CC2)n1.[Li+].[Li+]. The maximum absolute atomic E-state index is 12.1. The van der Waals surface area contributed by atoms with Crippen LogP contribution in [0.5, 0.6) is 0 Å². The first-order valence-electron chi connectivity index (χ1n) is 14.1. The Morgan fingerprint density at radius 1 is 0.614 bits per heavy atom. The molecule has 0 atom stereocenters. The molecular weight excluding hydrogens is 562 g/mol. The molecule has 224 valence electrons. The van der Waals surface area contributed by atoms with Crippen LogP contribution in [0.2, 0.25) is 0 Å². The Kier molecular flexibility index (Phi) is 13.3. The van der Waals surface area contributed by atoms with Crippen LogP contribution in [-0.2, 0) is 19.1 Å². The van der Waals surface area contributed by atoms with Crippen molar-refractivity contribution in [1.29, 1.82) is 0 Å². The predicted molar refractivity (Wildman–Crippen MR) is 138 cm³/mol. The summed E-state index contributed by atoms with van der Waals surface area (Å²) in [5.41, 5.74) is 1.04. The fraction of sp³-hybridized carbons (Fsp3) is 0.571. The molecule has 4 aliphatic rings. The van der Waals surface area contributed by atoms with E-state index in [-0.39, 0.29) is 84.6 Å². The minimum Gasteiger partial charge on any atom is -0.543 e. The minimum atomic E-state index is -1.32. The first-order valence-corrected chi connectivity index (χ1v) is 14.1. The van der Waals surface area contributed by atoms with Gasteiger partial charge in [-0.3, -0.25) is 19.6 Å². The van der Waals surface area contributed by atoms with Crippen molar-refractivity contribution in [3.8, 4) is 0 Å². The Balaban J connectivity index is 0.000000230. The van der Waals surface area contributed by atoms with Crippen LogP contribution in [0.4, 0.5) is 0 Å². The number of aromatic nitrogens is 4. The fourth-order valence-electron chi connectivity index (χ4n) is 5.42. The normalized spacial score (nSPS) is 19.2. The van der Waals surface area contributed by atoms with Crippen molar-refractivity contribution in [2.75, 3.05) is 52.6 Å². The van der Waals surface area contributed by atoms with E-state index >= 15 is 0 Å². The van der Waals surface area contributed by atoms with Crippen molar-refractivity contribution in [1.82, 2.24) is 29.7 Å². The Morgan fingerprint density at radius 3 is 1.23 bits per heavy atom. The molecule has 14 nitrogen and oxygen atoms in total. The van der Waals surface area contributed by atoms with Gasteiger partial charge in [0.2, 0.25) is 11.8 Å². The summed E-state index contributed by atoms with van der Waals surface area (Å²) in [5, 5.41) is 21.6. The summed E-state index contributed by atoms with van der Waals surface area (Å²) in [5.74, 6) is -2.00. The molecule has 4 fully saturated rings. The maximum atomic E-state index is 12.1. The van der Waals surface area contributed by atoms with Crippen LogP contribution < -0.4 is 47.9 Å². The van der Waals surface area contributed by atoms with Crippen LogP contribution in [-0.4, -0.2) is 106 Å². The molecule has 0 bridgehead atoms. The number of rotatable bonds is 6. The van der Waals surface area contributed by atoms with E-state index in [2.05, 4.69) is 19.9 Å². The number of carboxylic acid groups (broad SMARTS) is 2. The number of piperidine rings is 2. The Morgan fingerprint density at radius 2 is 0.955 bits per heavy atom. The van der Waals surface area contributed by atoms with Gasteiger partial charge in [-0.2, -0.15) is 0 Å². The molecule has 6 heterocycles. The average Bonchev–Trinajstić information content (AvgIpc) is 2.96. The number of nitrogens with zero attached hydrogens (tertiary/aromatic N) is 6. The molecule has 44 heavy (non-hydrogen) atoms. The van der Waals surface area contributed by atoms with Crippen molar-refractivity contribution in [2.24, 2.45) is 11.8 Å². The molecule has 0 saturated carbocycles. The quantitative estimate of drug-likeness (QED) is 0.288. The molecule has 2 aromatic rings. The number of carboxylic acids is 2. The third-order valence-electron chi connectivity index (χ3n) is 8.15. The minimum absolute atomic E-state index is 0. The van der Waals surface area contributed by atoms with Gasteiger partial charge in [-0.05, 0) is 25.7 Å². The molecule has 0 unspecified atom stereocenters. The zero-order valence-electron chi connectivity index (χ0n) is 25.1. The smallest absolute Gasteiger partial charge is 0.543 e. The summed E-state index contributed by atoms with van der Waals surface area (Å²) in [7, 11) is 0. The molecule has 0 spiro atoms. The van der Waals surface area contributed by atoms with Gasteiger partial charge in [0.05, 0.1) is 74.0 Å². The van der Waals surface area contributed by atoms with E-state index in [4.69, 9.17) is 9.47 Å². The second-order valence-electron chi connectivity index (χ2n) is 10.9. The second kappa shape index (κ2) is 16.5. The van der Waals surface area contributed by atoms with Crippen LogP contribution in [0.25, 0.3) is 0 Å². The number of amides is 2. The average molecular weight is 594 g/mol. The monoisotopic (exact) mass is 594 g/mol. The standard InChI is InChI=1S/2C14H17N3O4.2Li/c2*18-13(10-7-21-8-10)17-3-1-9(2-4-17)11-5-15-6-12(16-11)14(19)20;;/h2*5-6,9-10H,1-4,7-8H2,(H,19,20);;/q;;2*+1/p-2. The van der Waals surface area contributed by atoms with Crippen LogP contribution in [0.1, 0.15) is 69.9 Å². The number of hydrogen-bond donors (Lipinski definition) is 0. The third-order valence-corrected chi connectivity index (χ3v) is 8.15. The predicted octanol–water partition coefficient (Wildman–Crippen LogP) is -7.61. The van der Waals surface area contributed by atoms with E-state index in [0.29, 0.717) is 64.0 Å². The molecule has 0 aliphatic carbocycles. The summed E-state index contributed by atoms with van der Waals surface area (Å²) in [6.45, 7) is 4.76. The number of ether oxygens (including phenoxy) is 2. The van der Waals surface area contributed by atoms with Gasteiger partial charge in [0.15, 0.2) is 0 Å². The maximum Gasteiger partial charge on any atom is 1.00 e. The molecule has 0 N–H and O–H groups in total. The Bertz CT molecular complexity index is 1210. The number of hydrogen-bond acceptors (Lipinski definition) is 12. The van der Waals surface area contributed by atoms with Gasteiger partial charge in [-0.25, -0.2) is 9.97 Å². The third kappa shape index (κ3) is 8.65. The van der Waals surface area contributed by atoms with Crippen molar-refractivity contribution < 1.29 is 76.6 Å². The summed E-state index contributed by atoms with van der Waals surface area (Å²) >= 11 is 0. The summed E-state index contributed by atoms with van der Waals surface area (Å²) in [6, 6.07) is 0. The largest absolute Gasteiger partial charge is 1.00 e. The van der Waals surface area contributed by atoms with Crippen LogP contribution in [0, 0.1) is 11.8 Å². The van der Waals surface area contributed by atoms with Gasteiger partial charge in [0, 0.05) is 50.4 Å². The van der Waals surface area contributed by atoms with Crippen LogP contribution in [0.3, 0.4) is 0 Å². The van der Waals surface area contributed by atoms with Gasteiger partial charge in [0.25, 0.3) is 0 Å². The van der Waals surface area contributed by atoms with E-state index in [9.17, 15) is 29.4 Å². The van der Waals surface area contributed by atoms with Gasteiger partial charge < -0.3 is 39.1 Å². The van der Waals surface area contributed by atoms with E-state index in [1.165, 1.54) is 12.4 Å². The zero-order valence-corrected chi connectivity index (χ0v) is 25.1. The molecule has 2 amide bonds. The first-order chi connectivity index (χ1) is 20.3. The molecule has 16 heteroatoms. The number of likely N-dealkylation sites (tertiary alicyclic amines) is 2. The summed E-state index contributed by atoms with van der Waals surface area (Å²) < 4.78 is 10.1. The van der Waals surface area contributed by atoms with E-state index in [0.717, 1.165) is 25.7 Å². The zero-order chi connectivity index (χ0) is 29.6. The molecule has 0 aromatic carbocycles. The number of carbonyl (C=O) groups is 4. The van der Waals surface area contributed by atoms with E-state index in [1.54, 1.807) is 12.4 Å². The van der Waals surface area contributed by atoms with Crippen molar-refractivity contribution in [3.63, 3.8) is 0 Å². The number of carbonyl (C=O) groups excluding carboxylic acids is 4. The number of aromatic carboxylic acids is 2. The van der Waals surface area contributed by atoms with E-state index in [1.807, 2.05) is 9.80 Å². The van der Waals surface area contributed by atoms with Crippen LogP contribution >= 0.6 is 0 Å². The van der Waals surface area contributed by atoms with Gasteiger partial charge in [0.1, 0.15) is 11.4 Å². The molecule has 4 saturated heterocycles. The van der Waals surface area contributed by atoms with Crippen molar-refractivity contribution >= 4 is 23.8 Å². The molecule has 4 aliphatic heterocycles. The fourth-order valence-corrected chi connectivity index (χ4v) is 5.42. The molecule has 6 rings (SSSR count). The van der Waals surface area contributed by atoms with Gasteiger partial charge in [-0.15, -0.1) is 0 Å². The molecular formula is C28H32Li2N6O8. The first kappa shape index (κ1) is 35.6. The van der Waals surface area contributed by atoms with Crippen molar-refractivity contribution in [2.45, 2.75) is 37.5 Å². The second-order valence-corrected chi connectivity index (χ2v) is 10.9. The van der Waals surface area contributed by atoms with E-state index < -0.39 is 11.9 Å². The van der Waals surface area contributed by atoms with Crippen LogP contribution in [0.15, 0.2) is 24.8 Å². The topological polar surface area (TPSA) is 191 Å². The Labute approximate surface area is 278 Å². The summed E-state index contributed by atoms with van der Waals surface area (Å²) in [4.78, 5) is 65.5. The molecule has 2 aromatic heterocycles. The van der Waals surface area contributed by atoms with Gasteiger partial charge in [-0.1, -0.05) is 0 Å². The Hall–Kier alpha value is -2.85. The summed E-state index contributed by atoms with van der Waals surface area (Å²) in [6.07, 6.45) is 8.63. The van der Waals surface area contributed by atoms with Gasteiger partial charge >= 0.3 is 37.7 Å². The van der Waals surface area contributed by atoms with Crippen molar-refractivity contribution in [3.05, 3.63) is 47.6 Å². The molecule has 0 radical (unpaired) electrons.